The Bertz CT molecular complexity index is 1090. The van der Waals surface area contributed by atoms with Crippen LogP contribution in [-0.4, -0.2) is 77.2 Å². The minimum atomic E-state index is -1.24. The number of pyridine rings is 1. The van der Waals surface area contributed by atoms with E-state index in [2.05, 4.69) is 20.3 Å². The second-order valence-corrected chi connectivity index (χ2v) is 8.88. The van der Waals surface area contributed by atoms with E-state index in [9.17, 15) is 18.4 Å². The average molecular weight is 537 g/mol. The zero-order chi connectivity index (χ0) is 24.4. The fourth-order valence-electron chi connectivity index (χ4n) is 3.62. The SMILES string of the molecule is O=C(NC[C@H]1CN(c2cnc(N3CCN(c4nc(Cl)ncc4F)CC3)c(F)c2)C(=O)O1)C(Cl)Cl. The fraction of sp³-hybridized carbons (Fsp3) is 0.421. The molecule has 0 unspecified atom stereocenters. The van der Waals surface area contributed by atoms with Crippen molar-refractivity contribution in [1.29, 1.82) is 0 Å². The van der Waals surface area contributed by atoms with Crippen molar-refractivity contribution in [2.45, 2.75) is 10.9 Å². The Balaban J connectivity index is 1.38. The summed E-state index contributed by atoms with van der Waals surface area (Å²) in [4.78, 5) is 38.8. The number of halogens is 5. The summed E-state index contributed by atoms with van der Waals surface area (Å²) in [5.74, 6) is -1.63. The van der Waals surface area contributed by atoms with Crippen LogP contribution in [0.1, 0.15) is 0 Å². The third kappa shape index (κ3) is 5.34. The van der Waals surface area contributed by atoms with Crippen LogP contribution in [-0.2, 0) is 9.53 Å². The van der Waals surface area contributed by atoms with E-state index in [1.165, 1.54) is 17.2 Å². The summed E-state index contributed by atoms with van der Waals surface area (Å²) < 4.78 is 34.1. The average Bonchev–Trinajstić information content (AvgIpc) is 3.19. The van der Waals surface area contributed by atoms with Gasteiger partial charge >= 0.3 is 6.09 Å². The minimum absolute atomic E-state index is 0.00737. The molecule has 2 aromatic rings. The molecule has 0 aromatic carbocycles. The number of amides is 2. The zero-order valence-corrected chi connectivity index (χ0v) is 19.7. The van der Waals surface area contributed by atoms with Gasteiger partial charge in [0.2, 0.25) is 5.28 Å². The summed E-state index contributed by atoms with van der Waals surface area (Å²) in [6, 6.07) is 1.19. The van der Waals surface area contributed by atoms with Gasteiger partial charge in [-0.3, -0.25) is 9.69 Å². The summed E-state index contributed by atoms with van der Waals surface area (Å²) >= 11 is 16.7. The van der Waals surface area contributed by atoms with Crippen molar-refractivity contribution in [3.63, 3.8) is 0 Å². The first-order valence-electron chi connectivity index (χ1n) is 10.1. The number of ether oxygens (including phenoxy) is 1. The normalized spacial score (nSPS) is 18.5. The monoisotopic (exact) mass is 535 g/mol. The van der Waals surface area contributed by atoms with Crippen molar-refractivity contribution in [1.82, 2.24) is 20.3 Å². The Morgan fingerprint density at radius 1 is 1.12 bits per heavy atom. The van der Waals surface area contributed by atoms with Crippen LogP contribution in [0.5, 0.6) is 0 Å². The fourth-order valence-corrected chi connectivity index (χ4v) is 3.90. The molecule has 0 aliphatic carbocycles. The predicted molar refractivity (Wildman–Crippen MR) is 122 cm³/mol. The number of carbonyl (C=O) groups excluding carboxylic acids is 2. The van der Waals surface area contributed by atoms with Crippen LogP contribution in [0.3, 0.4) is 0 Å². The van der Waals surface area contributed by atoms with Gasteiger partial charge in [0, 0.05) is 32.2 Å². The highest BCUT2D eigenvalue weighted by Crippen LogP contribution is 2.27. The highest BCUT2D eigenvalue weighted by Gasteiger charge is 2.34. The van der Waals surface area contributed by atoms with E-state index >= 15 is 0 Å². The molecule has 4 heterocycles. The molecule has 1 N–H and O–H groups in total. The molecule has 4 rings (SSSR count). The number of carbonyl (C=O) groups is 2. The quantitative estimate of drug-likeness (QED) is 0.443. The maximum atomic E-state index is 14.9. The zero-order valence-electron chi connectivity index (χ0n) is 17.4. The van der Waals surface area contributed by atoms with Crippen molar-refractivity contribution >= 4 is 64.1 Å². The molecule has 10 nitrogen and oxygen atoms in total. The van der Waals surface area contributed by atoms with Gasteiger partial charge in [-0.1, -0.05) is 23.2 Å². The first-order chi connectivity index (χ1) is 16.2. The van der Waals surface area contributed by atoms with Gasteiger partial charge in [0.1, 0.15) is 6.10 Å². The Morgan fingerprint density at radius 3 is 2.44 bits per heavy atom. The van der Waals surface area contributed by atoms with E-state index in [4.69, 9.17) is 39.5 Å². The second-order valence-electron chi connectivity index (χ2n) is 7.45. The molecule has 2 saturated heterocycles. The Morgan fingerprint density at radius 2 is 1.79 bits per heavy atom. The Hall–Kier alpha value is -2.70. The first kappa shape index (κ1) is 24.4. The lowest BCUT2D eigenvalue weighted by atomic mass is 10.2. The highest BCUT2D eigenvalue weighted by molar-refractivity contribution is 6.53. The van der Waals surface area contributed by atoms with Crippen molar-refractivity contribution in [2.24, 2.45) is 0 Å². The summed E-state index contributed by atoms with van der Waals surface area (Å²) in [6.07, 6.45) is 1.02. The van der Waals surface area contributed by atoms with Crippen molar-refractivity contribution in [3.8, 4) is 0 Å². The number of nitrogens with one attached hydrogen (secondary N) is 1. The third-order valence-electron chi connectivity index (χ3n) is 5.27. The molecule has 1 atom stereocenters. The number of hydrogen-bond donors (Lipinski definition) is 1. The molecule has 2 aliphatic heterocycles. The van der Waals surface area contributed by atoms with Crippen LogP contribution < -0.4 is 20.0 Å². The van der Waals surface area contributed by atoms with Gasteiger partial charge in [-0.2, -0.15) is 4.98 Å². The molecule has 0 spiro atoms. The number of aromatic nitrogens is 3. The van der Waals surface area contributed by atoms with Crippen LogP contribution >= 0.6 is 34.8 Å². The van der Waals surface area contributed by atoms with Gasteiger partial charge in [-0.25, -0.2) is 23.5 Å². The van der Waals surface area contributed by atoms with E-state index in [-0.39, 0.29) is 35.7 Å². The standard InChI is InChI=1S/C19H18Cl3F2N7O3/c20-14(21)17(32)26-7-11-9-31(19(33)34-11)10-5-12(23)15(25-6-10)29-1-3-30(4-2-29)16-13(24)8-27-18(22)28-16/h5-6,8,11,14H,1-4,7,9H2,(H,26,32)/t11-/m0/s1. The van der Waals surface area contributed by atoms with Gasteiger partial charge in [0.25, 0.3) is 5.91 Å². The number of alkyl halides is 2. The first-order valence-corrected chi connectivity index (χ1v) is 11.4. The van der Waals surface area contributed by atoms with Gasteiger partial charge in [0.15, 0.2) is 28.1 Å². The molecule has 15 heteroatoms. The third-order valence-corrected chi connectivity index (χ3v) is 5.85. The van der Waals surface area contributed by atoms with E-state index < -0.39 is 34.6 Å². The van der Waals surface area contributed by atoms with E-state index in [0.717, 1.165) is 6.20 Å². The van der Waals surface area contributed by atoms with Gasteiger partial charge in [0.05, 0.1) is 31.2 Å². The largest absolute Gasteiger partial charge is 0.442 e. The number of rotatable bonds is 6. The molecule has 2 fully saturated rings. The number of cyclic esters (lactones) is 1. The highest BCUT2D eigenvalue weighted by atomic mass is 35.5. The lowest BCUT2D eigenvalue weighted by Crippen LogP contribution is -2.47. The summed E-state index contributed by atoms with van der Waals surface area (Å²) in [6.45, 7) is 1.54. The number of piperazine rings is 1. The molecular formula is C19H18Cl3F2N7O3. The molecule has 34 heavy (non-hydrogen) atoms. The van der Waals surface area contributed by atoms with Crippen molar-refractivity contribution in [3.05, 3.63) is 35.4 Å². The molecule has 182 valence electrons. The van der Waals surface area contributed by atoms with E-state index in [1.54, 1.807) is 9.80 Å². The molecule has 0 saturated carbocycles. The summed E-state index contributed by atoms with van der Waals surface area (Å²) in [7, 11) is 0. The van der Waals surface area contributed by atoms with Gasteiger partial charge < -0.3 is 19.9 Å². The lowest BCUT2D eigenvalue weighted by Gasteiger charge is -2.36. The van der Waals surface area contributed by atoms with Crippen LogP contribution in [0, 0.1) is 11.6 Å². The van der Waals surface area contributed by atoms with Crippen LogP contribution in [0.2, 0.25) is 5.28 Å². The van der Waals surface area contributed by atoms with Crippen LogP contribution in [0.4, 0.5) is 30.9 Å². The molecule has 2 aromatic heterocycles. The number of nitrogens with zero attached hydrogens (tertiary/aromatic N) is 6. The topological polar surface area (TPSA) is 104 Å². The smallest absolute Gasteiger partial charge is 0.414 e. The Labute approximate surface area is 207 Å². The summed E-state index contributed by atoms with van der Waals surface area (Å²) in [5, 5.41) is 2.40. The number of hydrogen-bond acceptors (Lipinski definition) is 8. The lowest BCUT2D eigenvalue weighted by molar-refractivity contribution is -0.119. The molecule has 2 aliphatic rings. The molecular weight excluding hydrogens is 519 g/mol. The van der Waals surface area contributed by atoms with E-state index in [1.807, 2.05) is 0 Å². The van der Waals surface area contributed by atoms with Crippen molar-refractivity contribution in [2.75, 3.05) is 54.0 Å². The molecule has 2 amide bonds. The molecule has 0 radical (unpaired) electrons. The summed E-state index contributed by atoms with van der Waals surface area (Å²) in [5.41, 5.74) is 0.212. The predicted octanol–water partition coefficient (Wildman–Crippen LogP) is 2.37. The second kappa shape index (κ2) is 10.3. The maximum absolute atomic E-state index is 14.9. The van der Waals surface area contributed by atoms with E-state index in [0.29, 0.717) is 26.2 Å². The molecule has 0 bridgehead atoms. The maximum Gasteiger partial charge on any atom is 0.414 e. The Kier molecular flexibility index (Phi) is 7.39. The van der Waals surface area contributed by atoms with Gasteiger partial charge in [-0.15, -0.1) is 0 Å². The minimum Gasteiger partial charge on any atom is -0.442 e. The van der Waals surface area contributed by atoms with Gasteiger partial charge in [-0.05, 0) is 11.6 Å². The number of anilines is 3. The van der Waals surface area contributed by atoms with Crippen molar-refractivity contribution < 1.29 is 23.1 Å². The van der Waals surface area contributed by atoms with Crippen LogP contribution in [0.15, 0.2) is 18.5 Å². The van der Waals surface area contributed by atoms with Crippen LogP contribution in [0.25, 0.3) is 0 Å².